The third-order valence-corrected chi connectivity index (χ3v) is 3.89. The highest BCUT2D eigenvalue weighted by molar-refractivity contribution is 5.35. The molecule has 1 fully saturated rings. The average molecular weight is 276 g/mol. The largest absolute Gasteiger partial charge is 0.355 e. The minimum Gasteiger partial charge on any atom is -0.355 e. The molecule has 0 aliphatic carbocycles. The van der Waals surface area contributed by atoms with E-state index in [-0.39, 0.29) is 0 Å². The molecule has 112 valence electrons. The van der Waals surface area contributed by atoms with Gasteiger partial charge in [0.1, 0.15) is 5.82 Å². The first-order chi connectivity index (χ1) is 9.65. The number of anilines is 1. The Morgan fingerprint density at radius 1 is 1.25 bits per heavy atom. The maximum atomic E-state index is 4.59. The van der Waals surface area contributed by atoms with Crippen molar-refractivity contribution in [2.24, 2.45) is 11.8 Å². The van der Waals surface area contributed by atoms with Crippen molar-refractivity contribution >= 4 is 5.82 Å². The maximum Gasteiger partial charge on any atom is 0.147 e. The van der Waals surface area contributed by atoms with Crippen molar-refractivity contribution in [2.45, 2.75) is 46.6 Å². The van der Waals surface area contributed by atoms with Gasteiger partial charge in [0.05, 0.1) is 18.1 Å². The Morgan fingerprint density at radius 3 is 2.80 bits per heavy atom. The van der Waals surface area contributed by atoms with Gasteiger partial charge in [-0.05, 0) is 37.6 Å². The molecule has 0 amide bonds. The Balaban J connectivity index is 1.87. The molecule has 0 aromatic carbocycles. The summed E-state index contributed by atoms with van der Waals surface area (Å²) in [6.45, 7) is 10.8. The molecule has 1 saturated heterocycles. The fourth-order valence-corrected chi connectivity index (χ4v) is 2.58. The van der Waals surface area contributed by atoms with E-state index in [1.165, 1.54) is 19.3 Å². The van der Waals surface area contributed by atoms with E-state index >= 15 is 0 Å². The Hall–Kier alpha value is -1.16. The first-order valence-electron chi connectivity index (χ1n) is 7.91. The predicted octanol–water partition coefficient (Wildman–Crippen LogP) is 2.85. The van der Waals surface area contributed by atoms with E-state index < -0.39 is 0 Å². The van der Waals surface area contributed by atoms with Crippen molar-refractivity contribution in [1.82, 2.24) is 15.3 Å². The SMILES string of the molecule is CC(C)CNCc1cnc(N2CCCC(C)CC2)cn1. The van der Waals surface area contributed by atoms with Crippen LogP contribution in [0.5, 0.6) is 0 Å². The van der Waals surface area contributed by atoms with Gasteiger partial charge < -0.3 is 10.2 Å². The van der Waals surface area contributed by atoms with E-state index in [4.69, 9.17) is 0 Å². The summed E-state index contributed by atoms with van der Waals surface area (Å²) < 4.78 is 0. The number of hydrogen-bond acceptors (Lipinski definition) is 4. The van der Waals surface area contributed by atoms with E-state index in [0.717, 1.165) is 43.6 Å². The molecule has 1 aliphatic heterocycles. The molecule has 1 atom stereocenters. The second kappa shape index (κ2) is 7.58. The molecule has 4 heteroatoms. The van der Waals surface area contributed by atoms with Gasteiger partial charge in [0, 0.05) is 19.6 Å². The van der Waals surface area contributed by atoms with Gasteiger partial charge in [-0.2, -0.15) is 0 Å². The molecule has 1 aromatic heterocycles. The first kappa shape index (κ1) is 15.2. The standard InChI is InChI=1S/C16H28N4/c1-13(2)9-17-10-15-11-19-16(12-18-15)20-7-4-5-14(3)6-8-20/h11-14,17H,4-10H2,1-3H3. The van der Waals surface area contributed by atoms with Gasteiger partial charge in [0.2, 0.25) is 0 Å². The molecule has 2 rings (SSSR count). The lowest BCUT2D eigenvalue weighted by Gasteiger charge is -2.21. The van der Waals surface area contributed by atoms with Crippen LogP contribution in [0.4, 0.5) is 5.82 Å². The van der Waals surface area contributed by atoms with Crippen molar-refractivity contribution in [3.05, 3.63) is 18.1 Å². The maximum absolute atomic E-state index is 4.59. The third kappa shape index (κ3) is 4.75. The number of nitrogens with zero attached hydrogens (tertiary/aromatic N) is 3. The molecule has 1 aliphatic rings. The highest BCUT2D eigenvalue weighted by Crippen LogP contribution is 2.20. The number of hydrogen-bond donors (Lipinski definition) is 1. The molecule has 0 radical (unpaired) electrons. The van der Waals surface area contributed by atoms with E-state index in [1.54, 1.807) is 0 Å². The van der Waals surface area contributed by atoms with Crippen LogP contribution in [0, 0.1) is 11.8 Å². The quantitative estimate of drug-likeness (QED) is 0.898. The molecule has 0 spiro atoms. The summed E-state index contributed by atoms with van der Waals surface area (Å²) in [7, 11) is 0. The van der Waals surface area contributed by atoms with Crippen molar-refractivity contribution in [3.63, 3.8) is 0 Å². The normalized spacial score (nSPS) is 20.2. The fraction of sp³-hybridized carbons (Fsp3) is 0.750. The molecule has 1 N–H and O–H groups in total. The van der Waals surface area contributed by atoms with Crippen molar-refractivity contribution in [3.8, 4) is 0 Å². The third-order valence-electron chi connectivity index (χ3n) is 3.89. The molecular formula is C16H28N4. The smallest absolute Gasteiger partial charge is 0.147 e. The van der Waals surface area contributed by atoms with Gasteiger partial charge >= 0.3 is 0 Å². The molecular weight excluding hydrogens is 248 g/mol. The Morgan fingerprint density at radius 2 is 2.10 bits per heavy atom. The van der Waals surface area contributed by atoms with Crippen LogP contribution in [0.25, 0.3) is 0 Å². The second-order valence-corrected chi connectivity index (χ2v) is 6.41. The van der Waals surface area contributed by atoms with Crippen LogP contribution in [0.3, 0.4) is 0 Å². The summed E-state index contributed by atoms with van der Waals surface area (Å²) >= 11 is 0. The zero-order chi connectivity index (χ0) is 14.4. The molecule has 0 bridgehead atoms. The molecule has 1 unspecified atom stereocenters. The van der Waals surface area contributed by atoms with Gasteiger partial charge in [-0.1, -0.05) is 20.8 Å². The number of rotatable bonds is 5. The molecule has 4 nitrogen and oxygen atoms in total. The summed E-state index contributed by atoms with van der Waals surface area (Å²) in [5, 5.41) is 3.40. The van der Waals surface area contributed by atoms with Crippen molar-refractivity contribution in [2.75, 3.05) is 24.5 Å². The Kier molecular flexibility index (Phi) is 5.77. The minimum absolute atomic E-state index is 0.668. The van der Waals surface area contributed by atoms with Gasteiger partial charge in [0.15, 0.2) is 0 Å². The van der Waals surface area contributed by atoms with E-state index in [1.807, 2.05) is 12.4 Å². The second-order valence-electron chi connectivity index (χ2n) is 6.41. The van der Waals surface area contributed by atoms with E-state index in [2.05, 4.69) is 41.0 Å². The highest BCUT2D eigenvalue weighted by Gasteiger charge is 2.15. The van der Waals surface area contributed by atoms with Crippen LogP contribution in [0.15, 0.2) is 12.4 Å². The van der Waals surface area contributed by atoms with Crippen LogP contribution in [-0.4, -0.2) is 29.6 Å². The summed E-state index contributed by atoms with van der Waals surface area (Å²) in [5.41, 5.74) is 1.03. The Labute approximate surface area is 123 Å². The van der Waals surface area contributed by atoms with Crippen LogP contribution in [0.1, 0.15) is 45.7 Å². The fourth-order valence-electron chi connectivity index (χ4n) is 2.58. The van der Waals surface area contributed by atoms with E-state index in [0.29, 0.717) is 5.92 Å². The van der Waals surface area contributed by atoms with Crippen LogP contribution in [-0.2, 0) is 6.54 Å². The van der Waals surface area contributed by atoms with Gasteiger partial charge in [-0.3, -0.25) is 4.98 Å². The van der Waals surface area contributed by atoms with Crippen LogP contribution in [0.2, 0.25) is 0 Å². The van der Waals surface area contributed by atoms with Gasteiger partial charge in [-0.25, -0.2) is 4.98 Å². The summed E-state index contributed by atoms with van der Waals surface area (Å²) in [6.07, 6.45) is 7.71. The molecule has 2 heterocycles. The molecule has 20 heavy (non-hydrogen) atoms. The van der Waals surface area contributed by atoms with Crippen molar-refractivity contribution in [1.29, 1.82) is 0 Å². The number of aromatic nitrogens is 2. The summed E-state index contributed by atoms with van der Waals surface area (Å²) in [4.78, 5) is 11.5. The molecule has 1 aromatic rings. The summed E-state index contributed by atoms with van der Waals surface area (Å²) in [6, 6.07) is 0. The molecule has 0 saturated carbocycles. The topological polar surface area (TPSA) is 41.1 Å². The highest BCUT2D eigenvalue weighted by atomic mass is 15.2. The minimum atomic E-state index is 0.668. The monoisotopic (exact) mass is 276 g/mol. The van der Waals surface area contributed by atoms with Crippen molar-refractivity contribution < 1.29 is 0 Å². The lowest BCUT2D eigenvalue weighted by molar-refractivity contribution is 0.521. The Bertz CT molecular complexity index is 388. The zero-order valence-corrected chi connectivity index (χ0v) is 13.1. The summed E-state index contributed by atoms with van der Waals surface area (Å²) in [5.74, 6) is 2.54. The van der Waals surface area contributed by atoms with Gasteiger partial charge in [-0.15, -0.1) is 0 Å². The van der Waals surface area contributed by atoms with Gasteiger partial charge in [0.25, 0.3) is 0 Å². The van der Waals surface area contributed by atoms with E-state index in [9.17, 15) is 0 Å². The predicted molar refractivity (Wildman–Crippen MR) is 83.8 cm³/mol. The lowest BCUT2D eigenvalue weighted by atomic mass is 10.0. The first-order valence-corrected chi connectivity index (χ1v) is 7.91. The van der Waals surface area contributed by atoms with Crippen LogP contribution >= 0.6 is 0 Å². The lowest BCUT2D eigenvalue weighted by Crippen LogP contribution is -2.25. The average Bonchev–Trinajstić information content (AvgIpc) is 2.64. The number of nitrogens with one attached hydrogen (secondary N) is 1. The zero-order valence-electron chi connectivity index (χ0n) is 13.1. The van der Waals surface area contributed by atoms with Crippen LogP contribution < -0.4 is 10.2 Å².